The highest BCUT2D eigenvalue weighted by atomic mass is 35.5. The number of anilines is 1. The number of ether oxygens (including phenoxy) is 1. The summed E-state index contributed by atoms with van der Waals surface area (Å²) in [5.74, 6) is -0.0980. The second-order valence-corrected chi connectivity index (χ2v) is 6.19. The van der Waals surface area contributed by atoms with Gasteiger partial charge in [-0.2, -0.15) is 0 Å². The van der Waals surface area contributed by atoms with Crippen LogP contribution in [-0.2, 0) is 9.53 Å². The van der Waals surface area contributed by atoms with E-state index in [4.69, 9.17) is 16.3 Å². The Balaban J connectivity index is 2.28. The number of nitrogens with one attached hydrogen (secondary N) is 1. The van der Waals surface area contributed by atoms with Gasteiger partial charge in [0, 0.05) is 12.1 Å². The van der Waals surface area contributed by atoms with Gasteiger partial charge in [-0.1, -0.05) is 23.7 Å². The van der Waals surface area contributed by atoms with E-state index in [0.717, 1.165) is 19.3 Å². The lowest BCUT2D eigenvalue weighted by Gasteiger charge is -2.40. The molecule has 0 unspecified atom stereocenters. The highest BCUT2D eigenvalue weighted by Crippen LogP contribution is 2.24. The van der Waals surface area contributed by atoms with Crippen molar-refractivity contribution in [2.45, 2.75) is 52.1 Å². The fourth-order valence-corrected chi connectivity index (χ4v) is 3.09. The number of para-hydroxylation sites is 1. The number of carbonyl (C=O) groups excluding carboxylic acids is 1. The molecule has 6 heteroatoms. The van der Waals surface area contributed by atoms with E-state index in [-0.39, 0.29) is 12.1 Å². The van der Waals surface area contributed by atoms with Crippen LogP contribution in [0.3, 0.4) is 0 Å². The molecule has 0 amide bonds. The van der Waals surface area contributed by atoms with Crippen molar-refractivity contribution in [3.8, 4) is 0 Å². The summed E-state index contributed by atoms with van der Waals surface area (Å²) in [7, 11) is 0. The number of esters is 1. The van der Waals surface area contributed by atoms with Gasteiger partial charge in [-0.05, 0) is 52.2 Å². The average molecular weight is 338 g/mol. The van der Waals surface area contributed by atoms with Gasteiger partial charge in [0.25, 0.3) is 0 Å². The number of carbonyl (C=O) groups is 1. The van der Waals surface area contributed by atoms with Gasteiger partial charge in [-0.25, -0.2) is 4.79 Å². The molecule has 1 heterocycles. The molecule has 1 saturated heterocycles. The maximum Gasteiger partial charge on any atom is 0.376 e. The van der Waals surface area contributed by atoms with Gasteiger partial charge >= 0.3 is 5.97 Å². The average Bonchev–Trinajstić information content (AvgIpc) is 2.51. The number of hydrogen-bond donors (Lipinski definition) is 1. The van der Waals surface area contributed by atoms with Crippen molar-refractivity contribution < 1.29 is 9.53 Å². The van der Waals surface area contributed by atoms with Crippen LogP contribution in [0.4, 0.5) is 5.69 Å². The molecule has 126 valence electrons. The van der Waals surface area contributed by atoms with Crippen LogP contribution in [0.15, 0.2) is 29.4 Å². The van der Waals surface area contributed by atoms with Crippen molar-refractivity contribution in [3.05, 3.63) is 29.3 Å². The molecule has 1 fully saturated rings. The summed E-state index contributed by atoms with van der Waals surface area (Å²) in [5, 5.41) is 4.89. The van der Waals surface area contributed by atoms with Crippen LogP contribution in [0, 0.1) is 0 Å². The van der Waals surface area contributed by atoms with Crippen LogP contribution < -0.4 is 5.43 Å². The Bertz CT molecular complexity index is 567. The molecule has 2 rings (SSSR count). The fourth-order valence-electron chi connectivity index (χ4n) is 2.91. The van der Waals surface area contributed by atoms with Crippen molar-refractivity contribution in [2.75, 3.05) is 12.0 Å². The summed E-state index contributed by atoms with van der Waals surface area (Å²) in [4.78, 5) is 14.4. The molecule has 1 aliphatic rings. The summed E-state index contributed by atoms with van der Waals surface area (Å²) >= 11 is 6.13. The Morgan fingerprint density at radius 3 is 2.61 bits per heavy atom. The number of hydrazone groups is 1. The minimum Gasteiger partial charge on any atom is -0.460 e. The topological polar surface area (TPSA) is 53.9 Å². The lowest BCUT2D eigenvalue weighted by molar-refractivity contribution is -0.136. The van der Waals surface area contributed by atoms with Gasteiger partial charge < -0.3 is 9.64 Å². The number of benzene rings is 1. The molecule has 5 nitrogen and oxygen atoms in total. The van der Waals surface area contributed by atoms with Crippen molar-refractivity contribution in [2.24, 2.45) is 5.10 Å². The van der Waals surface area contributed by atoms with Gasteiger partial charge in [-0.3, -0.25) is 5.43 Å². The van der Waals surface area contributed by atoms with E-state index < -0.39 is 5.97 Å². The lowest BCUT2D eigenvalue weighted by atomic mass is 9.97. The molecule has 1 N–H and O–H groups in total. The van der Waals surface area contributed by atoms with Gasteiger partial charge in [0.15, 0.2) is 0 Å². The SMILES string of the molecule is CCOC(=O)/C(=N\Nc1ccccc1Cl)N1[C@H](C)CCC[C@@H]1C. The van der Waals surface area contributed by atoms with Crippen LogP contribution in [0.1, 0.15) is 40.0 Å². The molecular formula is C17H24ClN3O2. The van der Waals surface area contributed by atoms with E-state index in [1.807, 2.05) is 23.1 Å². The first-order chi connectivity index (χ1) is 11.0. The normalized spacial score (nSPS) is 21.9. The predicted octanol–water partition coefficient (Wildman–Crippen LogP) is 3.89. The fraction of sp³-hybridized carbons (Fsp3) is 0.529. The first kappa shape index (κ1) is 17.6. The third kappa shape index (κ3) is 4.38. The van der Waals surface area contributed by atoms with Gasteiger partial charge in [0.2, 0.25) is 5.84 Å². The van der Waals surface area contributed by atoms with Crippen molar-refractivity contribution in [3.63, 3.8) is 0 Å². The summed E-state index contributed by atoms with van der Waals surface area (Å²) in [6.07, 6.45) is 3.23. The summed E-state index contributed by atoms with van der Waals surface area (Å²) in [6.45, 7) is 6.33. The molecule has 23 heavy (non-hydrogen) atoms. The molecule has 1 aromatic carbocycles. The number of hydrogen-bond acceptors (Lipinski definition) is 4. The van der Waals surface area contributed by atoms with Gasteiger partial charge in [0.1, 0.15) is 0 Å². The molecule has 2 atom stereocenters. The van der Waals surface area contributed by atoms with E-state index in [1.54, 1.807) is 13.0 Å². The number of halogens is 1. The maximum atomic E-state index is 12.4. The highest BCUT2D eigenvalue weighted by Gasteiger charge is 2.32. The Kier molecular flexibility index (Phi) is 6.28. The van der Waals surface area contributed by atoms with Gasteiger partial charge in [0.05, 0.1) is 17.3 Å². The number of nitrogens with zero attached hydrogens (tertiary/aromatic N) is 2. The van der Waals surface area contributed by atoms with Crippen LogP contribution in [0.2, 0.25) is 5.02 Å². The van der Waals surface area contributed by atoms with Crippen LogP contribution in [0.25, 0.3) is 0 Å². The van der Waals surface area contributed by atoms with Crippen LogP contribution in [0.5, 0.6) is 0 Å². The van der Waals surface area contributed by atoms with Gasteiger partial charge in [-0.15, -0.1) is 5.10 Å². The zero-order chi connectivity index (χ0) is 16.8. The molecule has 0 aliphatic carbocycles. The smallest absolute Gasteiger partial charge is 0.376 e. The lowest BCUT2D eigenvalue weighted by Crippen LogP contribution is -2.51. The third-order valence-corrected chi connectivity index (χ3v) is 4.38. The molecule has 0 radical (unpaired) electrons. The Morgan fingerprint density at radius 1 is 1.35 bits per heavy atom. The van der Waals surface area contributed by atoms with Crippen molar-refractivity contribution >= 4 is 29.1 Å². The second kappa shape index (κ2) is 8.20. The molecule has 0 spiro atoms. The molecule has 0 saturated carbocycles. The molecule has 1 aromatic rings. The largest absolute Gasteiger partial charge is 0.460 e. The van der Waals surface area contributed by atoms with Crippen LogP contribution >= 0.6 is 11.6 Å². The summed E-state index contributed by atoms with van der Waals surface area (Å²) in [5.41, 5.74) is 3.56. The predicted molar refractivity (Wildman–Crippen MR) is 93.8 cm³/mol. The zero-order valence-electron chi connectivity index (χ0n) is 13.9. The Morgan fingerprint density at radius 2 is 2.00 bits per heavy atom. The van der Waals surface area contributed by atoms with E-state index in [9.17, 15) is 4.79 Å². The summed E-state index contributed by atoms with van der Waals surface area (Å²) in [6, 6.07) is 7.79. The third-order valence-electron chi connectivity index (χ3n) is 4.05. The Hall–Kier alpha value is -1.75. The molecule has 0 bridgehead atoms. The number of amidine groups is 1. The minimum absolute atomic E-state index is 0.245. The Labute approximate surface area is 142 Å². The first-order valence-electron chi connectivity index (χ1n) is 8.08. The highest BCUT2D eigenvalue weighted by molar-refractivity contribution is 6.36. The summed E-state index contributed by atoms with van der Waals surface area (Å²) < 4.78 is 5.19. The van der Waals surface area contributed by atoms with Crippen molar-refractivity contribution in [1.82, 2.24) is 4.90 Å². The number of likely N-dealkylation sites (tertiary alicyclic amines) is 1. The van der Waals surface area contributed by atoms with E-state index in [2.05, 4.69) is 24.4 Å². The number of rotatable bonds is 3. The zero-order valence-corrected chi connectivity index (χ0v) is 14.6. The van der Waals surface area contributed by atoms with Crippen molar-refractivity contribution in [1.29, 1.82) is 0 Å². The maximum absolute atomic E-state index is 12.4. The molecule has 1 aliphatic heterocycles. The molecule has 0 aromatic heterocycles. The second-order valence-electron chi connectivity index (χ2n) is 5.78. The van der Waals surface area contributed by atoms with E-state index in [1.165, 1.54) is 0 Å². The number of piperidine rings is 1. The monoisotopic (exact) mass is 337 g/mol. The first-order valence-corrected chi connectivity index (χ1v) is 8.46. The molecular weight excluding hydrogens is 314 g/mol. The minimum atomic E-state index is -0.410. The standard InChI is InChI=1S/C17H24ClN3O2/c1-4-23-17(22)16(21-12(2)8-7-9-13(21)3)20-19-15-11-6-5-10-14(15)18/h5-6,10-13,19H,4,7-9H2,1-3H3/b20-16+/t12-,13+. The van der Waals surface area contributed by atoms with E-state index >= 15 is 0 Å². The quantitative estimate of drug-likeness (QED) is 0.393. The van der Waals surface area contributed by atoms with Crippen LogP contribution in [-0.4, -0.2) is 35.4 Å². The van der Waals surface area contributed by atoms with E-state index in [0.29, 0.717) is 23.2 Å².